The summed E-state index contributed by atoms with van der Waals surface area (Å²) in [6.07, 6.45) is 7.75. The summed E-state index contributed by atoms with van der Waals surface area (Å²) in [4.78, 5) is 12.6. The number of aryl methyl sites for hydroxylation is 1. The van der Waals surface area contributed by atoms with Crippen LogP contribution in [-0.4, -0.2) is 40.1 Å². The van der Waals surface area contributed by atoms with Crippen molar-refractivity contribution in [2.24, 2.45) is 0 Å². The van der Waals surface area contributed by atoms with Gasteiger partial charge in [0, 0.05) is 18.8 Å². The number of H-pyrrole nitrogens is 1. The molecule has 0 radical (unpaired) electrons. The van der Waals surface area contributed by atoms with E-state index in [1.165, 1.54) is 0 Å². The Hall–Kier alpha value is -4.34. The van der Waals surface area contributed by atoms with Crippen molar-refractivity contribution >= 4 is 17.0 Å². The van der Waals surface area contributed by atoms with E-state index in [0.29, 0.717) is 41.6 Å². The number of hydrogen-bond donors (Lipinski definition) is 2. The van der Waals surface area contributed by atoms with Crippen molar-refractivity contribution in [3.63, 3.8) is 0 Å². The number of rotatable bonds is 6. The maximum Gasteiger partial charge on any atom is 0.238 e. The number of nitrogens with two attached hydrogens (primary N) is 1. The van der Waals surface area contributed by atoms with Gasteiger partial charge in [-0.1, -0.05) is 12.1 Å². The zero-order valence-corrected chi connectivity index (χ0v) is 16.7. The lowest BCUT2D eigenvalue weighted by Gasteiger charge is -2.07. The average molecular weight is 413 g/mol. The minimum Gasteiger partial charge on any atom is -0.437 e. The van der Waals surface area contributed by atoms with E-state index in [4.69, 9.17) is 10.5 Å². The van der Waals surface area contributed by atoms with Gasteiger partial charge in [-0.3, -0.25) is 9.67 Å². The summed E-state index contributed by atoms with van der Waals surface area (Å²) in [7, 11) is 0. The summed E-state index contributed by atoms with van der Waals surface area (Å²) in [5, 5.41) is 15.3. The predicted octanol–water partition coefficient (Wildman–Crippen LogP) is 2.66. The quantitative estimate of drug-likeness (QED) is 0.434. The average Bonchev–Trinajstić information content (AvgIpc) is 3.38. The van der Waals surface area contributed by atoms with Gasteiger partial charge in [-0.2, -0.15) is 15.4 Å². The van der Waals surface area contributed by atoms with Crippen molar-refractivity contribution in [2.75, 3.05) is 5.73 Å². The first-order valence-corrected chi connectivity index (χ1v) is 9.65. The van der Waals surface area contributed by atoms with Gasteiger partial charge in [-0.15, -0.1) is 5.10 Å². The fourth-order valence-corrected chi connectivity index (χ4v) is 3.36. The highest BCUT2D eigenvalue weighted by molar-refractivity contribution is 5.76. The SMILES string of the molecule is Cc1cncc(Oc2cccc(Cn3cc(Cc4cc(N)nc5n[nH]nc45)cn3)c2)n1. The highest BCUT2D eigenvalue weighted by atomic mass is 16.5. The zero-order valence-electron chi connectivity index (χ0n) is 16.7. The molecule has 10 heteroatoms. The van der Waals surface area contributed by atoms with Crippen LogP contribution in [0, 0.1) is 6.92 Å². The number of fused-ring (bicyclic) bond motifs is 1. The van der Waals surface area contributed by atoms with Crippen LogP contribution in [0.3, 0.4) is 0 Å². The van der Waals surface area contributed by atoms with Crippen LogP contribution in [0.4, 0.5) is 5.82 Å². The third kappa shape index (κ3) is 4.17. The maximum atomic E-state index is 5.89. The van der Waals surface area contributed by atoms with Gasteiger partial charge in [0.1, 0.15) is 17.1 Å². The summed E-state index contributed by atoms with van der Waals surface area (Å²) in [5.74, 6) is 1.58. The van der Waals surface area contributed by atoms with Crippen LogP contribution >= 0.6 is 0 Å². The highest BCUT2D eigenvalue weighted by Crippen LogP contribution is 2.22. The lowest BCUT2D eigenvalue weighted by atomic mass is 10.1. The number of nitrogens with zero attached hydrogens (tertiary/aromatic N) is 7. The number of anilines is 1. The first-order chi connectivity index (χ1) is 15.1. The largest absolute Gasteiger partial charge is 0.437 e. The fraction of sp³-hybridized carbons (Fsp3) is 0.143. The van der Waals surface area contributed by atoms with Gasteiger partial charge in [0.05, 0.1) is 24.6 Å². The van der Waals surface area contributed by atoms with E-state index >= 15 is 0 Å². The van der Waals surface area contributed by atoms with Gasteiger partial charge in [-0.05, 0) is 41.8 Å². The monoisotopic (exact) mass is 413 g/mol. The van der Waals surface area contributed by atoms with Gasteiger partial charge in [-0.25, -0.2) is 9.97 Å². The second-order valence-electron chi connectivity index (χ2n) is 7.17. The molecular formula is C21H19N9O. The van der Waals surface area contributed by atoms with Crippen LogP contribution in [0.25, 0.3) is 11.2 Å². The van der Waals surface area contributed by atoms with Crippen molar-refractivity contribution in [3.05, 3.63) is 77.5 Å². The van der Waals surface area contributed by atoms with Crippen molar-refractivity contribution in [2.45, 2.75) is 19.9 Å². The van der Waals surface area contributed by atoms with Crippen LogP contribution in [0.2, 0.25) is 0 Å². The summed E-state index contributed by atoms with van der Waals surface area (Å²) >= 11 is 0. The van der Waals surface area contributed by atoms with E-state index < -0.39 is 0 Å². The normalized spacial score (nSPS) is 11.1. The number of hydrogen-bond acceptors (Lipinski definition) is 8. The van der Waals surface area contributed by atoms with E-state index in [1.54, 1.807) is 12.4 Å². The third-order valence-electron chi connectivity index (χ3n) is 4.67. The number of aromatic amines is 1. The summed E-state index contributed by atoms with van der Waals surface area (Å²) < 4.78 is 7.71. The molecule has 0 amide bonds. The van der Waals surface area contributed by atoms with Crippen LogP contribution < -0.4 is 10.5 Å². The number of pyridine rings is 1. The third-order valence-corrected chi connectivity index (χ3v) is 4.67. The number of ether oxygens (including phenoxy) is 1. The van der Waals surface area contributed by atoms with Crippen LogP contribution in [0.15, 0.2) is 55.1 Å². The van der Waals surface area contributed by atoms with Crippen LogP contribution in [0.5, 0.6) is 11.6 Å². The Morgan fingerprint density at radius 1 is 1.06 bits per heavy atom. The second-order valence-corrected chi connectivity index (χ2v) is 7.17. The van der Waals surface area contributed by atoms with Gasteiger partial charge < -0.3 is 10.5 Å². The van der Waals surface area contributed by atoms with Crippen LogP contribution in [0.1, 0.15) is 22.4 Å². The first kappa shape index (κ1) is 18.7. The van der Waals surface area contributed by atoms with Crippen LogP contribution in [-0.2, 0) is 13.0 Å². The topological polar surface area (TPSA) is 133 Å². The Bertz CT molecular complexity index is 1360. The number of aromatic nitrogens is 8. The molecule has 10 nitrogen and oxygen atoms in total. The molecule has 154 valence electrons. The Morgan fingerprint density at radius 2 is 2.00 bits per heavy atom. The molecule has 5 rings (SSSR count). The molecule has 3 N–H and O–H groups in total. The van der Waals surface area contributed by atoms with E-state index in [9.17, 15) is 0 Å². The summed E-state index contributed by atoms with van der Waals surface area (Å²) in [6.45, 7) is 2.48. The minimum absolute atomic E-state index is 0.416. The molecule has 4 aromatic heterocycles. The molecule has 1 aromatic carbocycles. The number of nitrogens with one attached hydrogen (secondary N) is 1. The molecule has 0 bridgehead atoms. The molecule has 5 aromatic rings. The molecule has 0 spiro atoms. The lowest BCUT2D eigenvalue weighted by molar-refractivity contribution is 0.457. The van der Waals surface area contributed by atoms with Crippen molar-refractivity contribution in [1.82, 2.24) is 40.1 Å². The molecule has 0 aliphatic carbocycles. The second kappa shape index (κ2) is 7.82. The number of nitrogen functional groups attached to an aromatic ring is 1. The maximum absolute atomic E-state index is 5.89. The predicted molar refractivity (Wildman–Crippen MR) is 114 cm³/mol. The molecule has 0 aliphatic rings. The van der Waals surface area contributed by atoms with Gasteiger partial charge in [0.25, 0.3) is 0 Å². The van der Waals surface area contributed by atoms with Gasteiger partial charge >= 0.3 is 0 Å². The molecular weight excluding hydrogens is 394 g/mol. The molecule has 0 atom stereocenters. The highest BCUT2D eigenvalue weighted by Gasteiger charge is 2.11. The first-order valence-electron chi connectivity index (χ1n) is 9.65. The lowest BCUT2D eigenvalue weighted by Crippen LogP contribution is -2.00. The Labute approximate surface area is 177 Å². The van der Waals surface area contributed by atoms with E-state index in [1.807, 2.05) is 54.3 Å². The van der Waals surface area contributed by atoms with E-state index in [0.717, 1.165) is 22.4 Å². The van der Waals surface area contributed by atoms with Gasteiger partial charge in [0.2, 0.25) is 11.5 Å². The van der Waals surface area contributed by atoms with Gasteiger partial charge in [0.15, 0.2) is 0 Å². The molecule has 0 fully saturated rings. The molecule has 0 saturated carbocycles. The molecule has 0 saturated heterocycles. The standard InChI is InChI=1S/C21H19N9O/c1-13-8-23-10-19(25-13)31-17-4-2-3-14(6-17)11-30-12-15(9-24-30)5-16-7-18(22)26-21-20(16)27-29-28-21/h2-4,6-10,12H,5,11H2,1H3,(H3,22,26,27,28,29). The smallest absolute Gasteiger partial charge is 0.238 e. The van der Waals surface area contributed by atoms with Crippen molar-refractivity contribution in [3.8, 4) is 11.6 Å². The summed E-state index contributed by atoms with van der Waals surface area (Å²) in [6, 6.07) is 9.64. The fourth-order valence-electron chi connectivity index (χ4n) is 3.36. The molecule has 31 heavy (non-hydrogen) atoms. The minimum atomic E-state index is 0.416. The Kier molecular flexibility index (Phi) is 4.71. The Balaban J connectivity index is 1.31. The Morgan fingerprint density at radius 3 is 2.90 bits per heavy atom. The molecule has 4 heterocycles. The van der Waals surface area contributed by atoms with Crippen molar-refractivity contribution in [1.29, 1.82) is 0 Å². The van der Waals surface area contributed by atoms with E-state index in [-0.39, 0.29) is 0 Å². The molecule has 0 aliphatic heterocycles. The summed E-state index contributed by atoms with van der Waals surface area (Å²) in [5.41, 5.74) is 11.0. The number of benzene rings is 1. The molecule has 0 unspecified atom stereocenters. The van der Waals surface area contributed by atoms with E-state index in [2.05, 4.69) is 35.5 Å². The zero-order chi connectivity index (χ0) is 21.2. The van der Waals surface area contributed by atoms with Crippen molar-refractivity contribution < 1.29 is 4.74 Å².